The molecule has 0 aliphatic rings. The summed E-state index contributed by atoms with van der Waals surface area (Å²) in [4.78, 5) is 49.4. The lowest BCUT2D eigenvalue weighted by atomic mass is 10.1. The highest BCUT2D eigenvalue weighted by molar-refractivity contribution is 8.13. The van der Waals surface area contributed by atoms with E-state index < -0.39 is 29.8 Å². The number of nitrogens with zero attached hydrogens (tertiary/aromatic N) is 6. The van der Waals surface area contributed by atoms with E-state index in [4.69, 9.17) is 25.7 Å². The molecule has 0 heterocycles. The maximum atomic E-state index is 12.6. The number of carbonyl (C=O) groups excluding carboxylic acids is 4. The van der Waals surface area contributed by atoms with Gasteiger partial charge in [-0.15, -0.1) is 0 Å². The Morgan fingerprint density at radius 1 is 0.667 bits per heavy atom. The van der Waals surface area contributed by atoms with Crippen LogP contribution < -0.4 is 25.8 Å². The molecule has 16 heteroatoms. The summed E-state index contributed by atoms with van der Waals surface area (Å²) < 4.78 is 11.0. The van der Waals surface area contributed by atoms with Crippen LogP contribution >= 0.6 is 11.8 Å². The molecule has 2 atom stereocenters. The molecule has 0 aromatic heterocycles. The van der Waals surface area contributed by atoms with E-state index in [9.17, 15) is 19.2 Å². The van der Waals surface area contributed by atoms with Gasteiger partial charge in [-0.1, -0.05) is 11.8 Å². The van der Waals surface area contributed by atoms with Gasteiger partial charge in [-0.2, -0.15) is 31.0 Å². The number of hydrogen-bond donors (Lipinski definition) is 3. The largest absolute Gasteiger partial charge is 0.484 e. The minimum Gasteiger partial charge on any atom is -0.484 e. The van der Waals surface area contributed by atoms with Crippen molar-refractivity contribution in [3.8, 4) is 23.6 Å². The first kappa shape index (κ1) is 39.9. The number of azo groups is 2. The molecule has 4 N–H and O–H groups in total. The summed E-state index contributed by atoms with van der Waals surface area (Å²) >= 11 is 0.989. The smallest absolute Gasteiger partial charge is 0.258 e. The zero-order chi connectivity index (χ0) is 38.7. The van der Waals surface area contributed by atoms with Crippen molar-refractivity contribution in [1.29, 1.82) is 10.5 Å². The number of amides is 3. The summed E-state index contributed by atoms with van der Waals surface area (Å²) in [6.07, 6.45) is 0.584. The molecule has 4 aromatic rings. The molecule has 0 unspecified atom stereocenters. The van der Waals surface area contributed by atoms with Gasteiger partial charge in [-0.25, -0.2) is 0 Å². The minimum absolute atomic E-state index is 0.199. The Morgan fingerprint density at radius 2 is 1.06 bits per heavy atom. The van der Waals surface area contributed by atoms with Crippen LogP contribution in [0.4, 0.5) is 22.7 Å². The topological polar surface area (TPSA) is 234 Å². The van der Waals surface area contributed by atoms with Crippen LogP contribution in [0, 0.1) is 22.7 Å². The Kier molecular flexibility index (Phi) is 15.4. The first-order chi connectivity index (χ1) is 26.1. The highest BCUT2D eigenvalue weighted by atomic mass is 32.2. The van der Waals surface area contributed by atoms with Gasteiger partial charge in [0.05, 0.1) is 52.1 Å². The Bertz CT molecular complexity index is 2040. The van der Waals surface area contributed by atoms with E-state index >= 15 is 0 Å². The number of benzene rings is 4. The van der Waals surface area contributed by atoms with Gasteiger partial charge in [0, 0.05) is 5.75 Å². The fourth-order valence-corrected chi connectivity index (χ4v) is 5.22. The molecule has 0 aliphatic heterocycles. The summed E-state index contributed by atoms with van der Waals surface area (Å²) in [6.45, 7) is 0.890. The zero-order valence-electron chi connectivity index (χ0n) is 29.0. The molecule has 0 saturated heterocycles. The van der Waals surface area contributed by atoms with Crippen LogP contribution in [0.3, 0.4) is 0 Å². The van der Waals surface area contributed by atoms with Gasteiger partial charge < -0.3 is 25.8 Å². The quantitative estimate of drug-likeness (QED) is 0.0772. The molecule has 0 fully saturated rings. The van der Waals surface area contributed by atoms with E-state index in [-0.39, 0.29) is 24.7 Å². The number of rotatable bonds is 18. The predicted octanol–water partition coefficient (Wildman–Crippen LogP) is 6.23. The Hall–Kier alpha value is -6.91. The fourth-order valence-electron chi connectivity index (χ4n) is 4.40. The minimum atomic E-state index is -0.962. The van der Waals surface area contributed by atoms with Crippen molar-refractivity contribution in [3.05, 3.63) is 108 Å². The lowest BCUT2D eigenvalue weighted by molar-refractivity contribution is -0.128. The van der Waals surface area contributed by atoms with E-state index in [0.717, 1.165) is 11.8 Å². The van der Waals surface area contributed by atoms with Crippen LogP contribution in [0.2, 0.25) is 0 Å². The van der Waals surface area contributed by atoms with Crippen molar-refractivity contribution in [2.45, 2.75) is 31.8 Å². The van der Waals surface area contributed by atoms with Crippen LogP contribution in [0.5, 0.6) is 11.5 Å². The molecule has 0 aliphatic carbocycles. The van der Waals surface area contributed by atoms with Crippen LogP contribution in [-0.4, -0.2) is 53.9 Å². The van der Waals surface area contributed by atoms with Crippen molar-refractivity contribution >= 4 is 57.3 Å². The number of nitriles is 2. The molecule has 0 bridgehead atoms. The number of hydrogen-bond acceptors (Lipinski definition) is 13. The normalized spacial score (nSPS) is 11.9. The second kappa shape index (κ2) is 20.8. The van der Waals surface area contributed by atoms with Crippen molar-refractivity contribution < 1.29 is 28.7 Å². The van der Waals surface area contributed by atoms with Crippen LogP contribution in [0.25, 0.3) is 0 Å². The van der Waals surface area contributed by atoms with Gasteiger partial charge in [-0.3, -0.25) is 19.2 Å². The number of primary amides is 1. The van der Waals surface area contributed by atoms with Crippen molar-refractivity contribution in [2.24, 2.45) is 26.2 Å². The van der Waals surface area contributed by atoms with Gasteiger partial charge in [0.15, 0.2) is 13.2 Å². The molecule has 0 spiro atoms. The number of ether oxygens (including phenoxy) is 2. The highest BCUT2D eigenvalue weighted by Crippen LogP contribution is 2.23. The lowest BCUT2D eigenvalue weighted by Crippen LogP contribution is -2.46. The Labute approximate surface area is 315 Å². The van der Waals surface area contributed by atoms with Gasteiger partial charge >= 0.3 is 0 Å². The number of carbonyl (C=O) groups is 4. The third-order valence-electron chi connectivity index (χ3n) is 7.26. The average molecular weight is 746 g/mol. The molecule has 0 radical (unpaired) electrons. The first-order valence-corrected chi connectivity index (χ1v) is 17.4. The van der Waals surface area contributed by atoms with E-state index in [0.29, 0.717) is 57.5 Å². The van der Waals surface area contributed by atoms with Crippen LogP contribution in [-0.2, 0) is 19.2 Å². The molecule has 54 heavy (non-hydrogen) atoms. The second-order valence-electron chi connectivity index (χ2n) is 11.4. The molecule has 274 valence electrons. The average Bonchev–Trinajstić information content (AvgIpc) is 3.19. The number of thioether (sulfide) groups is 1. The van der Waals surface area contributed by atoms with Gasteiger partial charge in [-0.05, 0) is 117 Å². The number of nitrogens with one attached hydrogen (secondary N) is 2. The van der Waals surface area contributed by atoms with Crippen molar-refractivity contribution in [1.82, 2.24) is 10.6 Å². The lowest BCUT2D eigenvalue weighted by Gasteiger charge is -2.16. The SMILES string of the molecule is C[C@@H](NC(=O)COc1ccc(N=Nc2ccc(C#N)cc2)cc1)C(=O)SCCC[C@H](NC(=O)COc1ccc(N=Nc2ccc(C#N)cc2)cc1)C(N)=O. The highest BCUT2D eigenvalue weighted by Gasteiger charge is 2.20. The standard InChI is InChI=1S/C38H35N9O6S/c1-25(42-35(48)23-52-32-16-12-30(13-17-32)46-44-28-8-4-26(21-39)5-9-28)38(51)54-20-2-3-34(37(41)50)43-36(49)24-53-33-18-14-31(15-19-33)47-45-29-10-6-27(22-40)7-11-29/h4-19,25,34H,2-3,20,23-24H2,1H3,(H2,41,50)(H,42,48)(H,43,49)/t25-,34+/m1/s1. The van der Waals surface area contributed by atoms with E-state index in [1.807, 2.05) is 12.1 Å². The zero-order valence-corrected chi connectivity index (χ0v) is 29.9. The Morgan fingerprint density at radius 3 is 1.44 bits per heavy atom. The monoisotopic (exact) mass is 745 g/mol. The van der Waals surface area contributed by atoms with Crippen molar-refractivity contribution in [2.75, 3.05) is 19.0 Å². The maximum Gasteiger partial charge on any atom is 0.258 e. The maximum absolute atomic E-state index is 12.6. The van der Waals surface area contributed by atoms with E-state index in [1.165, 1.54) is 0 Å². The molecule has 3 amide bonds. The van der Waals surface area contributed by atoms with E-state index in [2.05, 4.69) is 31.1 Å². The summed E-state index contributed by atoms with van der Waals surface area (Å²) in [6, 6.07) is 28.8. The third-order valence-corrected chi connectivity index (χ3v) is 8.39. The fraction of sp³-hybridized carbons (Fsp3) is 0.211. The summed E-state index contributed by atoms with van der Waals surface area (Å²) in [7, 11) is 0. The molecule has 4 rings (SSSR count). The van der Waals surface area contributed by atoms with E-state index in [1.54, 1.807) is 104 Å². The molecule has 4 aromatic carbocycles. The summed E-state index contributed by atoms with van der Waals surface area (Å²) in [5.74, 6) is -0.605. The molecule has 15 nitrogen and oxygen atoms in total. The predicted molar refractivity (Wildman–Crippen MR) is 200 cm³/mol. The summed E-state index contributed by atoms with van der Waals surface area (Å²) in [5.41, 5.74) is 8.83. The number of nitrogens with two attached hydrogens (primary N) is 1. The van der Waals surface area contributed by atoms with Gasteiger partial charge in [0.2, 0.25) is 11.0 Å². The molecular weight excluding hydrogens is 711 g/mol. The van der Waals surface area contributed by atoms with Crippen LogP contribution in [0.1, 0.15) is 30.9 Å². The third kappa shape index (κ3) is 13.7. The molecular formula is C38H35N9O6S. The van der Waals surface area contributed by atoms with Gasteiger partial charge in [0.25, 0.3) is 11.8 Å². The van der Waals surface area contributed by atoms with Crippen LogP contribution in [0.15, 0.2) is 118 Å². The first-order valence-electron chi connectivity index (χ1n) is 16.5. The molecule has 0 saturated carbocycles. The van der Waals surface area contributed by atoms with Crippen molar-refractivity contribution in [3.63, 3.8) is 0 Å². The second-order valence-corrected chi connectivity index (χ2v) is 12.5. The Balaban J connectivity index is 1.10. The van der Waals surface area contributed by atoms with Gasteiger partial charge in [0.1, 0.15) is 17.5 Å². The summed E-state index contributed by atoms with van der Waals surface area (Å²) in [5, 5.41) is 39.1.